The fourth-order valence-corrected chi connectivity index (χ4v) is 2.83. The number of ketones is 1. The van der Waals surface area contributed by atoms with Crippen LogP contribution >= 0.6 is 15.9 Å². The Morgan fingerprint density at radius 2 is 1.65 bits per heavy atom. The van der Waals surface area contributed by atoms with E-state index in [-0.39, 0.29) is 21.5 Å². The Bertz CT molecular complexity index is 1030. The molecule has 0 saturated carbocycles. The molecular formula is C19H12BrNO5. The normalized spacial score (nSPS) is 10.5. The van der Waals surface area contributed by atoms with Crippen LogP contribution < -0.4 is 0 Å². The van der Waals surface area contributed by atoms with Gasteiger partial charge in [0.1, 0.15) is 0 Å². The molecule has 0 heterocycles. The van der Waals surface area contributed by atoms with E-state index in [0.29, 0.717) is 5.56 Å². The molecule has 0 aliphatic rings. The first-order chi connectivity index (χ1) is 12.5. The van der Waals surface area contributed by atoms with Crippen LogP contribution in [0.2, 0.25) is 0 Å². The molecule has 0 amide bonds. The maximum absolute atomic E-state index is 12.3. The molecular weight excluding hydrogens is 402 g/mol. The fourth-order valence-electron chi connectivity index (χ4n) is 2.44. The van der Waals surface area contributed by atoms with Gasteiger partial charge in [-0.1, -0.05) is 36.4 Å². The molecule has 0 aromatic heterocycles. The van der Waals surface area contributed by atoms with Gasteiger partial charge in [-0.3, -0.25) is 14.9 Å². The maximum Gasteiger partial charge on any atom is 0.338 e. The first-order valence-electron chi connectivity index (χ1n) is 7.59. The summed E-state index contributed by atoms with van der Waals surface area (Å²) in [6.45, 7) is -0.443. The number of hydrogen-bond acceptors (Lipinski definition) is 5. The van der Waals surface area contributed by atoms with Crippen molar-refractivity contribution in [1.82, 2.24) is 0 Å². The quantitative estimate of drug-likeness (QED) is 0.265. The second kappa shape index (κ2) is 7.45. The molecule has 0 saturated heterocycles. The summed E-state index contributed by atoms with van der Waals surface area (Å²) in [5.41, 5.74) is 0.185. The second-order valence-electron chi connectivity index (χ2n) is 5.48. The number of esters is 1. The van der Waals surface area contributed by atoms with Crippen molar-refractivity contribution in [2.45, 2.75) is 0 Å². The topological polar surface area (TPSA) is 86.5 Å². The molecule has 0 N–H and O–H groups in total. The van der Waals surface area contributed by atoms with Gasteiger partial charge in [0.05, 0.1) is 15.0 Å². The highest BCUT2D eigenvalue weighted by Gasteiger charge is 2.18. The molecule has 0 bridgehead atoms. The van der Waals surface area contributed by atoms with Gasteiger partial charge >= 0.3 is 5.97 Å². The van der Waals surface area contributed by atoms with Gasteiger partial charge in [0.15, 0.2) is 12.4 Å². The summed E-state index contributed by atoms with van der Waals surface area (Å²) in [5, 5.41) is 12.8. The first-order valence-corrected chi connectivity index (χ1v) is 8.38. The number of carbonyl (C=O) groups is 2. The molecule has 6 nitrogen and oxygen atoms in total. The van der Waals surface area contributed by atoms with Gasteiger partial charge in [-0.25, -0.2) is 4.79 Å². The molecule has 130 valence electrons. The van der Waals surface area contributed by atoms with E-state index >= 15 is 0 Å². The number of nitro groups is 1. The predicted octanol–water partition coefficient (Wildman–Crippen LogP) is 4.55. The van der Waals surface area contributed by atoms with E-state index in [4.69, 9.17) is 4.74 Å². The lowest BCUT2D eigenvalue weighted by Gasteiger charge is -2.06. The summed E-state index contributed by atoms with van der Waals surface area (Å²) >= 11 is 3.04. The molecule has 0 radical (unpaired) electrons. The smallest absolute Gasteiger partial charge is 0.338 e. The van der Waals surface area contributed by atoms with Crippen molar-refractivity contribution in [3.05, 3.63) is 86.4 Å². The molecule has 7 heteroatoms. The van der Waals surface area contributed by atoms with Crippen LogP contribution in [0.1, 0.15) is 20.7 Å². The third-order valence-electron chi connectivity index (χ3n) is 3.78. The average molecular weight is 414 g/mol. The van der Waals surface area contributed by atoms with Crippen LogP contribution in [0.4, 0.5) is 5.69 Å². The van der Waals surface area contributed by atoms with Crippen LogP contribution in [0, 0.1) is 10.1 Å². The van der Waals surface area contributed by atoms with Gasteiger partial charge in [0.25, 0.3) is 5.69 Å². The maximum atomic E-state index is 12.3. The summed E-state index contributed by atoms with van der Waals surface area (Å²) in [5.74, 6) is -1.15. The number of nitrogens with zero attached hydrogens (tertiary/aromatic N) is 1. The van der Waals surface area contributed by atoms with Crippen LogP contribution in [0.25, 0.3) is 10.8 Å². The number of ether oxygens (including phenoxy) is 1. The number of Topliss-reactive ketones (excluding diaryl/α,β-unsaturated/α-hetero) is 1. The standard InChI is InChI=1S/C19H12BrNO5/c20-16-8-7-15(10-17(16)21(24)25)19(23)26-11-18(22)14-6-5-12-3-1-2-4-13(12)9-14/h1-10H,11H2. The molecule has 0 aliphatic heterocycles. The molecule has 3 aromatic rings. The minimum atomic E-state index is -0.797. The van der Waals surface area contributed by atoms with Crippen LogP contribution in [0.3, 0.4) is 0 Å². The Morgan fingerprint density at radius 3 is 2.38 bits per heavy atom. The van der Waals surface area contributed by atoms with E-state index in [1.54, 1.807) is 12.1 Å². The number of carbonyl (C=O) groups excluding carboxylic acids is 2. The van der Waals surface area contributed by atoms with Crippen molar-refractivity contribution >= 4 is 44.1 Å². The Hall–Kier alpha value is -3.06. The van der Waals surface area contributed by atoms with Gasteiger partial charge in [-0.2, -0.15) is 0 Å². The van der Waals surface area contributed by atoms with Crippen molar-refractivity contribution < 1.29 is 19.2 Å². The van der Waals surface area contributed by atoms with Crippen molar-refractivity contribution in [2.24, 2.45) is 0 Å². The van der Waals surface area contributed by atoms with Crippen LogP contribution in [-0.4, -0.2) is 23.3 Å². The highest BCUT2D eigenvalue weighted by molar-refractivity contribution is 9.10. The Balaban J connectivity index is 1.71. The zero-order valence-electron chi connectivity index (χ0n) is 13.3. The summed E-state index contributed by atoms with van der Waals surface area (Å²) in [4.78, 5) is 34.6. The number of halogens is 1. The Kier molecular flexibility index (Phi) is 5.09. The van der Waals surface area contributed by atoms with Crippen molar-refractivity contribution in [2.75, 3.05) is 6.61 Å². The number of benzene rings is 3. The van der Waals surface area contributed by atoms with Gasteiger partial charge < -0.3 is 4.74 Å². The predicted molar refractivity (Wildman–Crippen MR) is 99.4 cm³/mol. The number of rotatable bonds is 5. The zero-order valence-corrected chi connectivity index (χ0v) is 14.9. The van der Waals surface area contributed by atoms with E-state index in [1.807, 2.05) is 30.3 Å². The average Bonchev–Trinajstić information content (AvgIpc) is 2.65. The third-order valence-corrected chi connectivity index (χ3v) is 4.45. The first kappa shape index (κ1) is 17.8. The molecule has 0 spiro atoms. The minimum absolute atomic E-state index is 0.00575. The van der Waals surface area contributed by atoms with Gasteiger partial charge in [-0.05, 0) is 44.9 Å². The van der Waals surface area contributed by atoms with Crippen LogP contribution in [0.15, 0.2) is 65.1 Å². The lowest BCUT2D eigenvalue weighted by atomic mass is 10.0. The number of hydrogen-bond donors (Lipinski definition) is 0. The second-order valence-corrected chi connectivity index (χ2v) is 6.34. The monoisotopic (exact) mass is 413 g/mol. The number of fused-ring (bicyclic) bond motifs is 1. The molecule has 26 heavy (non-hydrogen) atoms. The highest BCUT2D eigenvalue weighted by Crippen LogP contribution is 2.26. The summed E-state index contributed by atoms with van der Waals surface area (Å²) in [7, 11) is 0. The van der Waals surface area contributed by atoms with E-state index < -0.39 is 17.5 Å². The largest absolute Gasteiger partial charge is 0.454 e. The molecule has 3 aromatic carbocycles. The van der Waals surface area contributed by atoms with Crippen molar-refractivity contribution in [3.8, 4) is 0 Å². The minimum Gasteiger partial charge on any atom is -0.454 e. The van der Waals surface area contributed by atoms with Crippen molar-refractivity contribution in [1.29, 1.82) is 0 Å². The van der Waals surface area contributed by atoms with E-state index in [9.17, 15) is 19.7 Å². The lowest BCUT2D eigenvalue weighted by molar-refractivity contribution is -0.385. The van der Waals surface area contributed by atoms with E-state index in [0.717, 1.165) is 16.8 Å². The lowest BCUT2D eigenvalue weighted by Crippen LogP contribution is -2.14. The molecule has 0 fully saturated rings. The molecule has 0 atom stereocenters. The van der Waals surface area contributed by atoms with Crippen molar-refractivity contribution in [3.63, 3.8) is 0 Å². The highest BCUT2D eigenvalue weighted by atomic mass is 79.9. The van der Waals surface area contributed by atoms with E-state index in [1.165, 1.54) is 12.1 Å². The number of nitro benzene ring substituents is 1. The van der Waals surface area contributed by atoms with E-state index in [2.05, 4.69) is 15.9 Å². The van der Waals surface area contributed by atoms with Gasteiger partial charge in [0.2, 0.25) is 0 Å². The summed E-state index contributed by atoms with van der Waals surface area (Å²) < 4.78 is 5.26. The summed E-state index contributed by atoms with van der Waals surface area (Å²) in [6.07, 6.45) is 0. The molecule has 0 unspecified atom stereocenters. The zero-order chi connectivity index (χ0) is 18.7. The third kappa shape index (κ3) is 3.78. The van der Waals surface area contributed by atoms with Gasteiger partial charge in [0, 0.05) is 11.6 Å². The van der Waals surface area contributed by atoms with Crippen LogP contribution in [0.5, 0.6) is 0 Å². The van der Waals surface area contributed by atoms with Crippen LogP contribution in [-0.2, 0) is 4.74 Å². The molecule has 3 rings (SSSR count). The van der Waals surface area contributed by atoms with Gasteiger partial charge in [-0.15, -0.1) is 0 Å². The summed E-state index contributed by atoms with van der Waals surface area (Å²) in [6, 6.07) is 16.7. The Morgan fingerprint density at radius 1 is 0.962 bits per heavy atom. The Labute approximate surface area is 156 Å². The molecule has 0 aliphatic carbocycles. The fraction of sp³-hybridized carbons (Fsp3) is 0.0526. The SMILES string of the molecule is O=C(COC(=O)c1ccc(Br)c([N+](=O)[O-])c1)c1ccc2ccccc2c1.